The number of thiazole rings is 1. The normalized spacial score (nSPS) is 10.3. The zero-order chi connectivity index (χ0) is 13.1. The van der Waals surface area contributed by atoms with Crippen LogP contribution in [0.1, 0.15) is 21.6 Å². The van der Waals surface area contributed by atoms with Gasteiger partial charge in [0.05, 0.1) is 12.1 Å². The van der Waals surface area contributed by atoms with Gasteiger partial charge in [-0.3, -0.25) is 4.79 Å². The Kier molecular flexibility index (Phi) is 3.47. The number of hydrogen-bond donors (Lipinski definition) is 3. The molecule has 1 heterocycles. The first-order valence-electron chi connectivity index (χ1n) is 5.31. The van der Waals surface area contributed by atoms with Crippen LogP contribution in [0.25, 0.3) is 0 Å². The molecule has 18 heavy (non-hydrogen) atoms. The Morgan fingerprint density at radius 3 is 2.83 bits per heavy atom. The summed E-state index contributed by atoms with van der Waals surface area (Å²) in [5, 5.41) is 13.8. The van der Waals surface area contributed by atoms with Gasteiger partial charge in [0.15, 0.2) is 0 Å². The van der Waals surface area contributed by atoms with Gasteiger partial charge in [0.2, 0.25) is 0 Å². The maximum atomic E-state index is 11.0. The van der Waals surface area contributed by atoms with Crippen molar-refractivity contribution in [1.82, 2.24) is 4.98 Å². The highest BCUT2D eigenvalue weighted by atomic mass is 32.1. The maximum absolute atomic E-state index is 11.0. The molecule has 1 aromatic carbocycles. The Morgan fingerprint density at radius 1 is 1.50 bits per heavy atom. The minimum absolute atomic E-state index is 0.0789. The summed E-state index contributed by atoms with van der Waals surface area (Å²) in [6, 6.07) is 4.89. The molecule has 0 radical (unpaired) electrons. The maximum Gasteiger partial charge on any atom is 0.335 e. The van der Waals surface area contributed by atoms with Crippen LogP contribution in [0.2, 0.25) is 0 Å². The summed E-state index contributed by atoms with van der Waals surface area (Å²) in [7, 11) is 0. The van der Waals surface area contributed by atoms with Crippen LogP contribution in [-0.4, -0.2) is 16.1 Å². The van der Waals surface area contributed by atoms with Gasteiger partial charge in [0, 0.05) is 16.8 Å². The van der Waals surface area contributed by atoms with Crippen LogP contribution < -0.4 is 10.2 Å². The summed E-state index contributed by atoms with van der Waals surface area (Å²) < 4.78 is 0. The smallest absolute Gasteiger partial charge is 0.335 e. The van der Waals surface area contributed by atoms with E-state index >= 15 is 0 Å². The highest BCUT2D eigenvalue weighted by Gasteiger charge is 2.05. The molecule has 0 aliphatic carbocycles. The number of aryl methyl sites for hydroxylation is 1. The number of carbonyl (C=O) groups is 1. The SMILES string of the molecule is Cc1cc(C(=O)O)ccc1NCc1csc(=O)[nH]1. The van der Waals surface area contributed by atoms with Crippen LogP contribution in [0, 0.1) is 6.92 Å². The summed E-state index contributed by atoms with van der Waals surface area (Å²) in [6.45, 7) is 2.34. The second-order valence-electron chi connectivity index (χ2n) is 3.86. The summed E-state index contributed by atoms with van der Waals surface area (Å²) in [5.74, 6) is -0.938. The van der Waals surface area contributed by atoms with Crippen molar-refractivity contribution in [2.75, 3.05) is 5.32 Å². The predicted octanol–water partition coefficient (Wildman–Crippen LogP) is 2.06. The van der Waals surface area contributed by atoms with Gasteiger partial charge in [0.1, 0.15) is 0 Å². The fraction of sp³-hybridized carbons (Fsp3) is 0.167. The molecule has 5 nitrogen and oxygen atoms in total. The van der Waals surface area contributed by atoms with E-state index in [2.05, 4.69) is 10.3 Å². The van der Waals surface area contributed by atoms with Crippen LogP contribution in [0.4, 0.5) is 5.69 Å². The molecule has 0 saturated heterocycles. The Bertz CT molecular complexity index is 630. The number of rotatable bonds is 4. The molecule has 0 bridgehead atoms. The number of H-pyrrole nitrogens is 1. The lowest BCUT2D eigenvalue weighted by Crippen LogP contribution is -2.05. The third kappa shape index (κ3) is 2.78. The van der Waals surface area contributed by atoms with Crippen LogP contribution in [0.15, 0.2) is 28.4 Å². The highest BCUT2D eigenvalue weighted by molar-refractivity contribution is 7.07. The number of aromatic carboxylic acids is 1. The number of hydrogen-bond acceptors (Lipinski definition) is 4. The van der Waals surface area contributed by atoms with Gasteiger partial charge in [-0.15, -0.1) is 0 Å². The quantitative estimate of drug-likeness (QED) is 0.789. The molecule has 3 N–H and O–H groups in total. The van der Waals surface area contributed by atoms with Gasteiger partial charge in [-0.25, -0.2) is 4.79 Å². The van der Waals surface area contributed by atoms with Gasteiger partial charge >= 0.3 is 10.8 Å². The molecule has 2 rings (SSSR count). The number of carboxylic acid groups (broad SMARTS) is 1. The van der Waals surface area contributed by atoms with E-state index in [1.165, 1.54) is 0 Å². The number of carboxylic acids is 1. The number of benzene rings is 1. The van der Waals surface area contributed by atoms with E-state index in [0.717, 1.165) is 28.3 Å². The van der Waals surface area contributed by atoms with Gasteiger partial charge < -0.3 is 15.4 Å². The van der Waals surface area contributed by atoms with E-state index < -0.39 is 5.97 Å². The summed E-state index contributed by atoms with van der Waals surface area (Å²) in [6.07, 6.45) is 0. The van der Waals surface area contributed by atoms with Gasteiger partial charge in [0.25, 0.3) is 0 Å². The van der Waals surface area contributed by atoms with E-state index in [-0.39, 0.29) is 10.4 Å². The Balaban J connectivity index is 2.10. The zero-order valence-corrected chi connectivity index (χ0v) is 10.5. The lowest BCUT2D eigenvalue weighted by Gasteiger charge is -2.09. The first-order chi connectivity index (χ1) is 8.56. The largest absolute Gasteiger partial charge is 0.478 e. The van der Waals surface area contributed by atoms with Crippen LogP contribution in [0.5, 0.6) is 0 Å². The van der Waals surface area contributed by atoms with Crippen molar-refractivity contribution in [3.8, 4) is 0 Å². The summed E-state index contributed by atoms with van der Waals surface area (Å²) in [4.78, 5) is 24.4. The van der Waals surface area contributed by atoms with Crippen molar-refractivity contribution < 1.29 is 9.90 Å². The third-order valence-corrected chi connectivity index (χ3v) is 3.23. The molecule has 0 spiro atoms. The fourth-order valence-corrected chi connectivity index (χ4v) is 2.17. The number of anilines is 1. The average molecular weight is 264 g/mol. The number of aromatic nitrogens is 1. The second kappa shape index (κ2) is 5.05. The van der Waals surface area contributed by atoms with E-state index in [4.69, 9.17) is 5.11 Å². The van der Waals surface area contributed by atoms with E-state index in [1.54, 1.807) is 23.6 Å². The number of aromatic amines is 1. The van der Waals surface area contributed by atoms with Gasteiger partial charge in [-0.2, -0.15) is 0 Å². The monoisotopic (exact) mass is 264 g/mol. The first kappa shape index (κ1) is 12.4. The molecule has 1 aromatic heterocycles. The van der Waals surface area contributed by atoms with Crippen LogP contribution in [0.3, 0.4) is 0 Å². The summed E-state index contributed by atoms with van der Waals surface area (Å²) in [5.41, 5.74) is 2.79. The lowest BCUT2D eigenvalue weighted by atomic mass is 10.1. The molecule has 0 saturated carbocycles. The fourth-order valence-electron chi connectivity index (χ4n) is 1.59. The molecule has 94 valence electrons. The molecular formula is C12H12N2O3S. The topological polar surface area (TPSA) is 82.2 Å². The van der Waals surface area contributed by atoms with E-state index in [0.29, 0.717) is 6.54 Å². The van der Waals surface area contributed by atoms with Gasteiger partial charge in [-0.05, 0) is 30.7 Å². The molecule has 0 amide bonds. The van der Waals surface area contributed by atoms with E-state index in [9.17, 15) is 9.59 Å². The third-order valence-electron chi connectivity index (χ3n) is 2.51. The van der Waals surface area contributed by atoms with Gasteiger partial charge in [-0.1, -0.05) is 11.3 Å². The van der Waals surface area contributed by atoms with Crippen molar-refractivity contribution >= 4 is 23.0 Å². The molecule has 0 aliphatic heterocycles. The number of nitrogens with one attached hydrogen (secondary N) is 2. The first-order valence-corrected chi connectivity index (χ1v) is 6.19. The highest BCUT2D eigenvalue weighted by Crippen LogP contribution is 2.17. The van der Waals surface area contributed by atoms with Crippen LogP contribution >= 0.6 is 11.3 Å². The molecule has 0 aliphatic rings. The van der Waals surface area contributed by atoms with Crippen molar-refractivity contribution in [3.63, 3.8) is 0 Å². The molecule has 0 atom stereocenters. The summed E-state index contributed by atoms with van der Waals surface area (Å²) >= 11 is 1.12. The molecular weight excluding hydrogens is 252 g/mol. The molecule has 0 unspecified atom stereocenters. The Labute approximate surface area is 107 Å². The predicted molar refractivity (Wildman–Crippen MR) is 70.4 cm³/mol. The minimum atomic E-state index is -0.938. The van der Waals surface area contributed by atoms with Crippen molar-refractivity contribution in [2.45, 2.75) is 13.5 Å². The molecule has 0 fully saturated rings. The second-order valence-corrected chi connectivity index (χ2v) is 4.70. The minimum Gasteiger partial charge on any atom is -0.478 e. The van der Waals surface area contributed by atoms with Crippen molar-refractivity contribution in [2.24, 2.45) is 0 Å². The Hall–Kier alpha value is -2.08. The standard InChI is InChI=1S/C12H12N2O3S/c1-7-4-8(11(15)16)2-3-10(7)13-5-9-6-18-12(17)14-9/h2-4,6,13H,5H2,1H3,(H,14,17)(H,15,16). The van der Waals surface area contributed by atoms with Crippen molar-refractivity contribution in [3.05, 3.63) is 50.1 Å². The van der Waals surface area contributed by atoms with Crippen molar-refractivity contribution in [1.29, 1.82) is 0 Å². The Morgan fingerprint density at radius 2 is 2.28 bits per heavy atom. The molecule has 2 aromatic rings. The van der Waals surface area contributed by atoms with E-state index in [1.807, 2.05) is 6.92 Å². The molecule has 6 heteroatoms. The zero-order valence-electron chi connectivity index (χ0n) is 9.69. The van der Waals surface area contributed by atoms with Crippen LogP contribution in [-0.2, 0) is 6.54 Å². The average Bonchev–Trinajstić information content (AvgIpc) is 2.73. The lowest BCUT2D eigenvalue weighted by molar-refractivity contribution is 0.0697.